The lowest BCUT2D eigenvalue weighted by Crippen LogP contribution is -2.36. The lowest BCUT2D eigenvalue weighted by atomic mass is 10.1. The van der Waals surface area contributed by atoms with Crippen molar-refractivity contribution in [2.45, 2.75) is 13.1 Å². The number of nitrogens with two attached hydrogens (primary N) is 1. The van der Waals surface area contributed by atoms with Crippen molar-refractivity contribution in [1.29, 1.82) is 0 Å². The Balaban J connectivity index is 1.89. The Bertz CT molecular complexity index is 741. The number of anilines is 1. The summed E-state index contributed by atoms with van der Waals surface area (Å²) in [6.45, 7) is 0.852. The van der Waals surface area contributed by atoms with Gasteiger partial charge in [-0.1, -0.05) is 24.3 Å². The minimum atomic E-state index is -0.480. The second-order valence-corrected chi connectivity index (χ2v) is 6.14. The number of carbonyl (C=O) groups excluding carboxylic acids is 2. The molecule has 0 radical (unpaired) electrons. The van der Waals surface area contributed by atoms with E-state index in [4.69, 9.17) is 5.73 Å². The molecule has 2 aromatic rings. The number of primary amides is 1. The highest BCUT2D eigenvalue weighted by atomic mass is 16.2. The summed E-state index contributed by atoms with van der Waals surface area (Å²) in [5, 5.41) is 2.84. The lowest BCUT2D eigenvalue weighted by molar-refractivity contribution is 0.1000. The maximum absolute atomic E-state index is 12.2. The van der Waals surface area contributed by atoms with E-state index in [2.05, 4.69) is 5.32 Å². The summed E-state index contributed by atoms with van der Waals surface area (Å²) < 4.78 is 0. The van der Waals surface area contributed by atoms with Crippen LogP contribution in [0.4, 0.5) is 10.5 Å². The number of urea groups is 1. The molecular formula is C19H24N4O2. The molecule has 2 rings (SSSR count). The number of carbonyl (C=O) groups is 2. The van der Waals surface area contributed by atoms with Crippen LogP contribution in [0.5, 0.6) is 0 Å². The van der Waals surface area contributed by atoms with Crippen LogP contribution in [0.25, 0.3) is 0 Å². The lowest BCUT2D eigenvalue weighted by Gasteiger charge is -2.19. The summed E-state index contributed by atoms with van der Waals surface area (Å²) in [5.74, 6) is -0.480. The fourth-order valence-corrected chi connectivity index (χ4v) is 2.39. The Kier molecular flexibility index (Phi) is 6.00. The number of hydrogen-bond donors (Lipinski definition) is 2. The van der Waals surface area contributed by atoms with Crippen molar-refractivity contribution in [1.82, 2.24) is 10.2 Å². The van der Waals surface area contributed by atoms with Crippen molar-refractivity contribution >= 4 is 17.6 Å². The number of nitrogens with one attached hydrogen (secondary N) is 1. The number of amides is 3. The molecule has 6 heteroatoms. The van der Waals surface area contributed by atoms with Gasteiger partial charge in [-0.2, -0.15) is 0 Å². The minimum Gasteiger partial charge on any atom is -0.378 e. The minimum absolute atomic E-state index is 0.179. The molecule has 3 N–H and O–H groups in total. The van der Waals surface area contributed by atoms with E-state index in [1.165, 1.54) is 0 Å². The molecule has 3 amide bonds. The molecular weight excluding hydrogens is 316 g/mol. The van der Waals surface area contributed by atoms with Crippen LogP contribution in [0.2, 0.25) is 0 Å². The predicted molar refractivity (Wildman–Crippen MR) is 99.4 cm³/mol. The summed E-state index contributed by atoms with van der Waals surface area (Å²) in [6.07, 6.45) is 0. The van der Waals surface area contributed by atoms with Gasteiger partial charge in [0.25, 0.3) is 0 Å². The van der Waals surface area contributed by atoms with E-state index in [1.54, 1.807) is 30.1 Å². The first-order valence-corrected chi connectivity index (χ1v) is 8.01. The first kappa shape index (κ1) is 18.3. The van der Waals surface area contributed by atoms with Crippen molar-refractivity contribution in [3.8, 4) is 0 Å². The Morgan fingerprint density at radius 1 is 1.00 bits per heavy atom. The highest BCUT2D eigenvalue weighted by Gasteiger charge is 2.09. The van der Waals surface area contributed by atoms with Crippen LogP contribution in [0.3, 0.4) is 0 Å². The number of hydrogen-bond acceptors (Lipinski definition) is 3. The molecule has 0 aliphatic rings. The molecule has 0 spiro atoms. The summed E-state index contributed by atoms with van der Waals surface area (Å²) >= 11 is 0. The van der Waals surface area contributed by atoms with Crippen LogP contribution < -0.4 is 16.0 Å². The number of benzene rings is 2. The first-order valence-electron chi connectivity index (χ1n) is 8.01. The zero-order chi connectivity index (χ0) is 18.4. The SMILES string of the molecule is CN(Cc1ccc(N(C)C)cc1)C(=O)NCc1cccc(C(N)=O)c1. The van der Waals surface area contributed by atoms with E-state index >= 15 is 0 Å². The van der Waals surface area contributed by atoms with Crippen molar-refractivity contribution in [3.63, 3.8) is 0 Å². The van der Waals surface area contributed by atoms with Gasteiger partial charge in [0.05, 0.1) is 0 Å². The van der Waals surface area contributed by atoms with Crippen LogP contribution in [-0.2, 0) is 13.1 Å². The molecule has 0 atom stereocenters. The van der Waals surface area contributed by atoms with Crippen molar-refractivity contribution in [3.05, 3.63) is 65.2 Å². The van der Waals surface area contributed by atoms with E-state index in [1.807, 2.05) is 49.3 Å². The van der Waals surface area contributed by atoms with Crippen molar-refractivity contribution in [2.75, 3.05) is 26.0 Å². The van der Waals surface area contributed by atoms with Crippen molar-refractivity contribution < 1.29 is 9.59 Å². The maximum Gasteiger partial charge on any atom is 0.317 e. The quantitative estimate of drug-likeness (QED) is 0.846. The van der Waals surface area contributed by atoms with E-state index in [0.717, 1.165) is 16.8 Å². The molecule has 0 aliphatic heterocycles. The Hall–Kier alpha value is -3.02. The second-order valence-electron chi connectivity index (χ2n) is 6.14. The fourth-order valence-electron chi connectivity index (χ4n) is 2.39. The van der Waals surface area contributed by atoms with Crippen LogP contribution in [0, 0.1) is 0 Å². The van der Waals surface area contributed by atoms with Gasteiger partial charge in [-0.25, -0.2) is 4.79 Å². The third-order valence-electron chi connectivity index (χ3n) is 3.87. The van der Waals surface area contributed by atoms with Crippen LogP contribution in [0.1, 0.15) is 21.5 Å². The molecule has 0 unspecified atom stereocenters. The van der Waals surface area contributed by atoms with E-state index < -0.39 is 5.91 Å². The molecule has 0 bridgehead atoms. The number of nitrogens with zero attached hydrogens (tertiary/aromatic N) is 2. The first-order chi connectivity index (χ1) is 11.9. The van der Waals surface area contributed by atoms with E-state index in [9.17, 15) is 9.59 Å². The second kappa shape index (κ2) is 8.19. The predicted octanol–water partition coefficient (Wildman–Crippen LogP) is 2.19. The zero-order valence-electron chi connectivity index (χ0n) is 14.8. The Labute approximate surface area is 148 Å². The van der Waals surface area contributed by atoms with Gasteiger partial charge in [0.2, 0.25) is 5.91 Å². The van der Waals surface area contributed by atoms with Gasteiger partial charge in [-0.05, 0) is 35.4 Å². The van der Waals surface area contributed by atoms with Gasteiger partial charge in [0, 0.05) is 45.5 Å². The third kappa shape index (κ3) is 5.24. The normalized spacial score (nSPS) is 10.2. The van der Waals surface area contributed by atoms with Crippen LogP contribution in [0.15, 0.2) is 48.5 Å². The fraction of sp³-hybridized carbons (Fsp3) is 0.263. The van der Waals surface area contributed by atoms with Gasteiger partial charge in [0.15, 0.2) is 0 Å². The largest absolute Gasteiger partial charge is 0.378 e. The molecule has 0 fully saturated rings. The van der Waals surface area contributed by atoms with E-state index in [0.29, 0.717) is 18.7 Å². The van der Waals surface area contributed by atoms with Crippen molar-refractivity contribution in [2.24, 2.45) is 5.73 Å². The zero-order valence-corrected chi connectivity index (χ0v) is 14.8. The average molecular weight is 340 g/mol. The van der Waals surface area contributed by atoms with Gasteiger partial charge < -0.3 is 20.9 Å². The van der Waals surface area contributed by atoms with Gasteiger partial charge in [-0.3, -0.25) is 4.79 Å². The topological polar surface area (TPSA) is 78.7 Å². The maximum atomic E-state index is 12.2. The number of rotatable bonds is 6. The van der Waals surface area contributed by atoms with Crippen LogP contribution in [-0.4, -0.2) is 38.0 Å². The highest BCUT2D eigenvalue weighted by molar-refractivity contribution is 5.92. The monoisotopic (exact) mass is 340 g/mol. The molecule has 0 saturated carbocycles. The van der Waals surface area contributed by atoms with E-state index in [-0.39, 0.29) is 6.03 Å². The molecule has 0 aromatic heterocycles. The molecule has 0 saturated heterocycles. The average Bonchev–Trinajstić information content (AvgIpc) is 2.60. The summed E-state index contributed by atoms with van der Waals surface area (Å²) in [4.78, 5) is 27.1. The molecule has 0 heterocycles. The molecule has 25 heavy (non-hydrogen) atoms. The Morgan fingerprint density at radius 3 is 2.28 bits per heavy atom. The third-order valence-corrected chi connectivity index (χ3v) is 3.87. The van der Waals surface area contributed by atoms with Crippen LogP contribution >= 0.6 is 0 Å². The van der Waals surface area contributed by atoms with Gasteiger partial charge in [0.1, 0.15) is 0 Å². The molecule has 0 aliphatic carbocycles. The highest BCUT2D eigenvalue weighted by Crippen LogP contribution is 2.13. The summed E-state index contributed by atoms with van der Waals surface area (Å²) in [6, 6.07) is 14.8. The van der Waals surface area contributed by atoms with Gasteiger partial charge in [-0.15, -0.1) is 0 Å². The molecule has 6 nitrogen and oxygen atoms in total. The standard InChI is InChI=1S/C19H24N4O2/c1-22(2)17-9-7-14(8-10-17)13-23(3)19(25)21-12-15-5-4-6-16(11-15)18(20)24/h4-11H,12-13H2,1-3H3,(H2,20,24)(H,21,25). The molecule has 132 valence electrons. The molecule has 2 aromatic carbocycles. The van der Waals surface area contributed by atoms with Gasteiger partial charge >= 0.3 is 6.03 Å². The summed E-state index contributed by atoms with van der Waals surface area (Å²) in [7, 11) is 5.72. The Morgan fingerprint density at radius 2 is 1.68 bits per heavy atom. The smallest absolute Gasteiger partial charge is 0.317 e. The summed E-state index contributed by atoms with van der Waals surface area (Å²) in [5.41, 5.74) is 8.69.